The van der Waals surface area contributed by atoms with E-state index in [-0.39, 0.29) is 18.0 Å². The number of hydrogen-bond acceptors (Lipinski definition) is 3. The summed E-state index contributed by atoms with van der Waals surface area (Å²) in [5, 5.41) is 2.98. The lowest BCUT2D eigenvalue weighted by molar-refractivity contribution is 0.0934. The predicted molar refractivity (Wildman–Crippen MR) is 66.1 cm³/mol. The van der Waals surface area contributed by atoms with Crippen LogP contribution in [0.2, 0.25) is 0 Å². The summed E-state index contributed by atoms with van der Waals surface area (Å²) in [6.07, 6.45) is 3.06. The van der Waals surface area contributed by atoms with Crippen LogP contribution in [0.3, 0.4) is 0 Å². The van der Waals surface area contributed by atoms with E-state index in [4.69, 9.17) is 10.5 Å². The summed E-state index contributed by atoms with van der Waals surface area (Å²) in [5.41, 5.74) is 6.56. The van der Waals surface area contributed by atoms with Gasteiger partial charge in [-0.3, -0.25) is 4.79 Å². The van der Waals surface area contributed by atoms with Crippen molar-refractivity contribution < 1.29 is 9.53 Å². The Morgan fingerprint density at radius 2 is 2.06 bits per heavy atom. The molecule has 17 heavy (non-hydrogen) atoms. The van der Waals surface area contributed by atoms with Gasteiger partial charge in [-0.05, 0) is 43.5 Å². The van der Waals surface area contributed by atoms with Crippen molar-refractivity contribution in [2.24, 2.45) is 5.73 Å². The zero-order valence-corrected chi connectivity index (χ0v) is 9.98. The maximum atomic E-state index is 11.9. The van der Waals surface area contributed by atoms with Gasteiger partial charge in [0.1, 0.15) is 5.75 Å². The second kappa shape index (κ2) is 5.19. The molecule has 4 heteroatoms. The number of ether oxygens (including phenoxy) is 1. The number of nitrogens with two attached hydrogens (primary N) is 1. The summed E-state index contributed by atoms with van der Waals surface area (Å²) in [7, 11) is 1.60. The first kappa shape index (κ1) is 11.9. The fourth-order valence-corrected chi connectivity index (χ4v) is 2.16. The smallest absolute Gasteiger partial charge is 0.251 e. The van der Waals surface area contributed by atoms with Gasteiger partial charge >= 0.3 is 0 Å². The molecule has 2 atom stereocenters. The molecule has 0 radical (unpaired) electrons. The summed E-state index contributed by atoms with van der Waals surface area (Å²) in [6.45, 7) is 0. The Morgan fingerprint density at radius 1 is 1.35 bits per heavy atom. The van der Waals surface area contributed by atoms with Gasteiger partial charge in [0.25, 0.3) is 5.91 Å². The molecule has 1 amide bonds. The number of carbonyl (C=O) groups is 1. The lowest BCUT2D eigenvalue weighted by Crippen LogP contribution is -2.43. The Kier molecular flexibility index (Phi) is 3.64. The molecular formula is C13H18N2O2. The number of nitrogens with one attached hydrogen (secondary N) is 1. The highest BCUT2D eigenvalue weighted by Crippen LogP contribution is 2.18. The van der Waals surface area contributed by atoms with Crippen LogP contribution in [0.5, 0.6) is 5.75 Å². The van der Waals surface area contributed by atoms with E-state index in [1.54, 1.807) is 31.4 Å². The number of carbonyl (C=O) groups excluding carboxylic acids is 1. The molecule has 92 valence electrons. The van der Waals surface area contributed by atoms with E-state index in [1.807, 2.05) is 0 Å². The highest BCUT2D eigenvalue weighted by atomic mass is 16.5. The summed E-state index contributed by atoms with van der Waals surface area (Å²) < 4.78 is 5.05. The third kappa shape index (κ3) is 2.77. The van der Waals surface area contributed by atoms with Gasteiger partial charge in [0.05, 0.1) is 7.11 Å². The van der Waals surface area contributed by atoms with Crippen LogP contribution in [0.1, 0.15) is 29.6 Å². The van der Waals surface area contributed by atoms with E-state index >= 15 is 0 Å². The predicted octanol–water partition coefficient (Wildman–Crippen LogP) is 1.30. The number of rotatable bonds is 3. The highest BCUT2D eigenvalue weighted by Gasteiger charge is 2.25. The average Bonchev–Trinajstić information content (AvgIpc) is 2.75. The van der Waals surface area contributed by atoms with Gasteiger partial charge in [0.2, 0.25) is 0 Å². The molecule has 0 spiro atoms. The van der Waals surface area contributed by atoms with Crippen molar-refractivity contribution in [2.75, 3.05) is 7.11 Å². The molecule has 1 aliphatic rings. The monoisotopic (exact) mass is 234 g/mol. The molecule has 1 fully saturated rings. The van der Waals surface area contributed by atoms with E-state index in [0.29, 0.717) is 5.56 Å². The molecule has 0 aliphatic heterocycles. The molecule has 0 aromatic heterocycles. The van der Waals surface area contributed by atoms with Crippen molar-refractivity contribution in [3.05, 3.63) is 29.8 Å². The number of amides is 1. The zero-order chi connectivity index (χ0) is 12.3. The summed E-state index contributed by atoms with van der Waals surface area (Å²) in [5.74, 6) is 0.689. The first-order valence-electron chi connectivity index (χ1n) is 5.91. The zero-order valence-electron chi connectivity index (χ0n) is 9.98. The van der Waals surface area contributed by atoms with Crippen molar-refractivity contribution in [3.63, 3.8) is 0 Å². The van der Waals surface area contributed by atoms with Gasteiger partial charge in [-0.25, -0.2) is 0 Å². The van der Waals surface area contributed by atoms with Crippen LogP contribution in [0.25, 0.3) is 0 Å². The largest absolute Gasteiger partial charge is 0.497 e. The average molecular weight is 234 g/mol. The molecular weight excluding hydrogens is 216 g/mol. The minimum Gasteiger partial charge on any atom is -0.497 e. The molecule has 0 bridgehead atoms. The summed E-state index contributed by atoms with van der Waals surface area (Å²) in [4.78, 5) is 11.9. The van der Waals surface area contributed by atoms with Gasteiger partial charge in [-0.2, -0.15) is 0 Å². The summed E-state index contributed by atoms with van der Waals surface area (Å²) >= 11 is 0. The number of methoxy groups -OCH3 is 1. The second-order valence-corrected chi connectivity index (χ2v) is 4.40. The maximum Gasteiger partial charge on any atom is 0.251 e. The van der Waals surface area contributed by atoms with Gasteiger partial charge < -0.3 is 15.8 Å². The Morgan fingerprint density at radius 3 is 2.59 bits per heavy atom. The maximum absolute atomic E-state index is 11.9. The molecule has 1 aliphatic carbocycles. The Labute approximate surface area is 101 Å². The van der Waals surface area contributed by atoms with Gasteiger partial charge in [0, 0.05) is 17.6 Å². The van der Waals surface area contributed by atoms with Gasteiger partial charge in [-0.1, -0.05) is 0 Å². The Hall–Kier alpha value is -1.55. The number of benzene rings is 1. The second-order valence-electron chi connectivity index (χ2n) is 4.40. The SMILES string of the molecule is COc1ccc(C(=O)NC2CCCC2N)cc1. The molecule has 2 rings (SSSR count). The standard InChI is InChI=1S/C13H18N2O2/c1-17-10-7-5-9(6-8-10)13(16)15-12-4-2-3-11(12)14/h5-8,11-12H,2-4,14H2,1H3,(H,15,16). The molecule has 3 N–H and O–H groups in total. The molecule has 4 nitrogen and oxygen atoms in total. The van der Waals surface area contributed by atoms with E-state index in [2.05, 4.69) is 5.32 Å². The fourth-order valence-electron chi connectivity index (χ4n) is 2.16. The molecule has 2 unspecified atom stereocenters. The van der Waals surface area contributed by atoms with Crippen molar-refractivity contribution in [1.82, 2.24) is 5.32 Å². The fraction of sp³-hybridized carbons (Fsp3) is 0.462. The minimum atomic E-state index is -0.0602. The Balaban J connectivity index is 1.99. The molecule has 0 saturated heterocycles. The van der Waals surface area contributed by atoms with Crippen LogP contribution in [0, 0.1) is 0 Å². The van der Waals surface area contributed by atoms with Crippen molar-refractivity contribution in [2.45, 2.75) is 31.3 Å². The van der Waals surface area contributed by atoms with Crippen LogP contribution >= 0.6 is 0 Å². The molecule has 1 aromatic rings. The summed E-state index contributed by atoms with van der Waals surface area (Å²) in [6, 6.07) is 7.29. The molecule has 1 aromatic carbocycles. The van der Waals surface area contributed by atoms with Crippen molar-refractivity contribution in [3.8, 4) is 5.75 Å². The first-order chi connectivity index (χ1) is 8.20. The molecule has 1 saturated carbocycles. The van der Waals surface area contributed by atoms with E-state index in [1.165, 1.54) is 0 Å². The third-order valence-electron chi connectivity index (χ3n) is 3.24. The quantitative estimate of drug-likeness (QED) is 0.828. The van der Waals surface area contributed by atoms with Crippen LogP contribution in [0.4, 0.5) is 0 Å². The number of hydrogen-bond donors (Lipinski definition) is 2. The van der Waals surface area contributed by atoms with Crippen LogP contribution in [0.15, 0.2) is 24.3 Å². The lowest BCUT2D eigenvalue weighted by atomic mass is 10.1. The van der Waals surface area contributed by atoms with Gasteiger partial charge in [0.15, 0.2) is 0 Å². The first-order valence-corrected chi connectivity index (χ1v) is 5.91. The van der Waals surface area contributed by atoms with Crippen LogP contribution in [-0.2, 0) is 0 Å². The highest BCUT2D eigenvalue weighted by molar-refractivity contribution is 5.94. The van der Waals surface area contributed by atoms with E-state index in [0.717, 1.165) is 25.0 Å². The van der Waals surface area contributed by atoms with Crippen LogP contribution in [-0.4, -0.2) is 25.1 Å². The Bertz CT molecular complexity index is 389. The minimum absolute atomic E-state index is 0.0602. The van der Waals surface area contributed by atoms with Gasteiger partial charge in [-0.15, -0.1) is 0 Å². The van der Waals surface area contributed by atoms with Crippen molar-refractivity contribution >= 4 is 5.91 Å². The van der Waals surface area contributed by atoms with E-state index in [9.17, 15) is 4.79 Å². The van der Waals surface area contributed by atoms with Crippen LogP contribution < -0.4 is 15.8 Å². The lowest BCUT2D eigenvalue weighted by Gasteiger charge is -2.17. The van der Waals surface area contributed by atoms with Crippen molar-refractivity contribution in [1.29, 1.82) is 0 Å². The third-order valence-corrected chi connectivity index (χ3v) is 3.24. The van der Waals surface area contributed by atoms with E-state index < -0.39 is 0 Å². The normalized spacial score (nSPS) is 23.4. The topological polar surface area (TPSA) is 64.3 Å². The molecule has 0 heterocycles.